The van der Waals surface area contributed by atoms with E-state index in [0.29, 0.717) is 13.2 Å². The first-order valence-corrected chi connectivity index (χ1v) is 11.2. The number of nitrogens with one attached hydrogen (secondary N) is 1. The van der Waals surface area contributed by atoms with Crippen LogP contribution in [0.3, 0.4) is 0 Å². The Hall–Kier alpha value is -1.32. The molecule has 1 aromatic rings. The fourth-order valence-electron chi connectivity index (χ4n) is 3.41. The molecule has 9 heteroatoms. The third-order valence-electron chi connectivity index (χ3n) is 5.13. The molecular weight excluding hydrogens is 364 g/mol. The number of ether oxygens (including phenoxy) is 2. The van der Waals surface area contributed by atoms with Gasteiger partial charge in [0.1, 0.15) is 18.5 Å². The molecule has 2 saturated heterocycles. The van der Waals surface area contributed by atoms with E-state index >= 15 is 0 Å². The van der Waals surface area contributed by atoms with Crippen LogP contribution in [0.25, 0.3) is 0 Å². The smallest absolute Gasteiger partial charge is 0.194 e. The maximum absolute atomic E-state index is 5.99. The molecule has 2 unspecified atom stereocenters. The van der Waals surface area contributed by atoms with Gasteiger partial charge in [0.25, 0.3) is 0 Å². The molecule has 0 aromatic carbocycles. The number of rotatable bonds is 7. The van der Waals surface area contributed by atoms with Crippen molar-refractivity contribution < 1.29 is 9.47 Å². The summed E-state index contributed by atoms with van der Waals surface area (Å²) in [6.07, 6.45) is 5.81. The minimum Gasteiger partial charge on any atom is -0.375 e. The van der Waals surface area contributed by atoms with Crippen LogP contribution in [0.5, 0.6) is 0 Å². The van der Waals surface area contributed by atoms with E-state index in [2.05, 4.69) is 26.7 Å². The Kier molecular flexibility index (Phi) is 7.78. The van der Waals surface area contributed by atoms with Crippen LogP contribution in [-0.2, 0) is 23.1 Å². The number of morpholine rings is 1. The summed E-state index contributed by atoms with van der Waals surface area (Å²) in [7, 11) is 1.98. The summed E-state index contributed by atoms with van der Waals surface area (Å²) in [5, 5.41) is 11.9. The largest absolute Gasteiger partial charge is 0.375 e. The monoisotopic (exact) mass is 396 g/mol. The molecule has 0 saturated carbocycles. The second kappa shape index (κ2) is 10.3. The normalized spacial score (nSPS) is 23.8. The molecule has 0 spiro atoms. The van der Waals surface area contributed by atoms with Crippen LogP contribution in [0.15, 0.2) is 4.99 Å². The summed E-state index contributed by atoms with van der Waals surface area (Å²) >= 11 is 1.87. The van der Waals surface area contributed by atoms with Gasteiger partial charge in [0, 0.05) is 33.3 Å². The number of aryl methyl sites for hydroxylation is 1. The maximum Gasteiger partial charge on any atom is 0.194 e. The number of aliphatic imine (C=N–C) groups is 1. The summed E-state index contributed by atoms with van der Waals surface area (Å²) in [4.78, 5) is 7.16. The summed E-state index contributed by atoms with van der Waals surface area (Å²) < 4.78 is 13.8. The first-order valence-electron chi connectivity index (χ1n) is 9.79. The minimum atomic E-state index is 0.122. The van der Waals surface area contributed by atoms with E-state index in [1.807, 2.05) is 30.3 Å². The van der Waals surface area contributed by atoms with Crippen LogP contribution in [0, 0.1) is 6.92 Å². The first kappa shape index (κ1) is 20.4. The zero-order valence-corrected chi connectivity index (χ0v) is 17.5. The van der Waals surface area contributed by atoms with Gasteiger partial charge in [-0.25, -0.2) is 4.99 Å². The van der Waals surface area contributed by atoms with Gasteiger partial charge in [-0.3, -0.25) is 0 Å². The summed E-state index contributed by atoms with van der Waals surface area (Å²) in [6.45, 7) is 6.61. The van der Waals surface area contributed by atoms with Crippen molar-refractivity contribution in [2.45, 2.75) is 44.9 Å². The van der Waals surface area contributed by atoms with E-state index in [4.69, 9.17) is 14.5 Å². The second-order valence-corrected chi connectivity index (χ2v) is 8.03. The predicted molar refractivity (Wildman–Crippen MR) is 108 cm³/mol. The lowest BCUT2D eigenvalue weighted by Gasteiger charge is -2.37. The predicted octanol–water partition coefficient (Wildman–Crippen LogP) is 1.20. The van der Waals surface area contributed by atoms with Crippen molar-refractivity contribution in [2.75, 3.05) is 44.9 Å². The Labute approximate surface area is 166 Å². The highest BCUT2D eigenvalue weighted by Crippen LogP contribution is 2.21. The molecule has 1 N–H and O–H groups in total. The Bertz CT molecular complexity index is 617. The van der Waals surface area contributed by atoms with Crippen molar-refractivity contribution in [1.29, 1.82) is 0 Å². The zero-order valence-electron chi connectivity index (χ0n) is 16.7. The Morgan fingerprint density at radius 1 is 1.30 bits per heavy atom. The number of guanidine groups is 1. The fourth-order valence-corrected chi connectivity index (χ4v) is 3.84. The van der Waals surface area contributed by atoms with E-state index in [1.54, 1.807) is 0 Å². The van der Waals surface area contributed by atoms with E-state index in [1.165, 1.54) is 0 Å². The molecule has 0 amide bonds. The van der Waals surface area contributed by atoms with Crippen LogP contribution >= 0.6 is 11.8 Å². The molecule has 0 radical (unpaired) electrons. The molecule has 2 atom stereocenters. The number of hydrogen-bond donors (Lipinski definition) is 1. The van der Waals surface area contributed by atoms with Crippen molar-refractivity contribution in [3.63, 3.8) is 0 Å². The summed E-state index contributed by atoms with van der Waals surface area (Å²) in [5.41, 5.74) is 0. The third-order valence-corrected chi connectivity index (χ3v) is 5.83. The molecule has 2 fully saturated rings. The van der Waals surface area contributed by atoms with Gasteiger partial charge >= 0.3 is 0 Å². The van der Waals surface area contributed by atoms with Gasteiger partial charge < -0.3 is 24.3 Å². The Morgan fingerprint density at radius 3 is 2.85 bits per heavy atom. The number of thioether (sulfide) groups is 1. The Balaban J connectivity index is 1.65. The highest BCUT2D eigenvalue weighted by Gasteiger charge is 2.32. The lowest BCUT2D eigenvalue weighted by molar-refractivity contribution is -0.0817. The number of hydrogen-bond acceptors (Lipinski definition) is 6. The molecule has 8 nitrogen and oxygen atoms in total. The van der Waals surface area contributed by atoms with Crippen molar-refractivity contribution in [2.24, 2.45) is 12.0 Å². The molecular formula is C18H32N6O2S. The second-order valence-electron chi connectivity index (χ2n) is 7.04. The van der Waals surface area contributed by atoms with E-state index in [9.17, 15) is 0 Å². The minimum absolute atomic E-state index is 0.122. The van der Waals surface area contributed by atoms with Gasteiger partial charge in [0.05, 0.1) is 12.7 Å². The number of nitrogens with zero attached hydrogens (tertiary/aromatic N) is 5. The SMILES string of the molecule is CSCCCNC(=NCc1nnc(C)n1C)N1CCOC(C2CCCO2)C1. The van der Waals surface area contributed by atoms with Crippen molar-refractivity contribution >= 4 is 17.7 Å². The topological polar surface area (TPSA) is 76.8 Å². The van der Waals surface area contributed by atoms with Gasteiger partial charge in [-0.1, -0.05) is 0 Å². The molecule has 3 rings (SSSR count). The van der Waals surface area contributed by atoms with Crippen LogP contribution < -0.4 is 5.32 Å². The molecule has 27 heavy (non-hydrogen) atoms. The van der Waals surface area contributed by atoms with Crippen LogP contribution in [0.4, 0.5) is 0 Å². The molecule has 0 aliphatic carbocycles. The standard InChI is InChI=1S/C18H32N6O2S/c1-14-21-22-17(23(14)2)12-20-18(19-7-5-11-27-3)24-8-10-26-16(13-24)15-6-4-9-25-15/h15-16H,4-13H2,1-3H3,(H,19,20). The quantitative estimate of drug-likeness (QED) is 0.422. The van der Waals surface area contributed by atoms with Gasteiger partial charge in [0.2, 0.25) is 0 Å². The molecule has 1 aromatic heterocycles. The molecule has 0 bridgehead atoms. The summed E-state index contributed by atoms with van der Waals surface area (Å²) in [5.74, 6) is 3.85. The average Bonchev–Trinajstić information content (AvgIpc) is 3.33. The molecule has 152 valence electrons. The highest BCUT2D eigenvalue weighted by atomic mass is 32.2. The van der Waals surface area contributed by atoms with Crippen LogP contribution in [0.1, 0.15) is 30.9 Å². The number of aromatic nitrogens is 3. The average molecular weight is 397 g/mol. The molecule has 3 heterocycles. The van der Waals surface area contributed by atoms with Gasteiger partial charge in [-0.2, -0.15) is 11.8 Å². The lowest BCUT2D eigenvalue weighted by Crippen LogP contribution is -2.53. The fraction of sp³-hybridized carbons (Fsp3) is 0.833. The first-order chi connectivity index (χ1) is 13.2. The van der Waals surface area contributed by atoms with Gasteiger partial charge in [-0.05, 0) is 38.2 Å². The van der Waals surface area contributed by atoms with Gasteiger partial charge in [0.15, 0.2) is 11.8 Å². The zero-order chi connectivity index (χ0) is 19.1. The Morgan fingerprint density at radius 2 is 2.15 bits per heavy atom. The van der Waals surface area contributed by atoms with E-state index < -0.39 is 0 Å². The van der Waals surface area contributed by atoms with E-state index in [-0.39, 0.29) is 12.2 Å². The van der Waals surface area contributed by atoms with E-state index in [0.717, 1.165) is 68.9 Å². The summed E-state index contributed by atoms with van der Waals surface area (Å²) in [6, 6.07) is 0. The molecule has 2 aliphatic rings. The van der Waals surface area contributed by atoms with Crippen molar-refractivity contribution in [3.8, 4) is 0 Å². The van der Waals surface area contributed by atoms with Crippen molar-refractivity contribution in [3.05, 3.63) is 11.6 Å². The molecule has 2 aliphatic heterocycles. The maximum atomic E-state index is 5.99. The highest BCUT2D eigenvalue weighted by molar-refractivity contribution is 7.98. The lowest BCUT2D eigenvalue weighted by atomic mass is 10.1. The van der Waals surface area contributed by atoms with Gasteiger partial charge in [-0.15, -0.1) is 10.2 Å². The van der Waals surface area contributed by atoms with Crippen LogP contribution in [-0.4, -0.2) is 82.7 Å². The third kappa shape index (κ3) is 5.58. The van der Waals surface area contributed by atoms with Crippen molar-refractivity contribution in [1.82, 2.24) is 25.0 Å². The van der Waals surface area contributed by atoms with Crippen LogP contribution in [0.2, 0.25) is 0 Å².